The minimum atomic E-state index is -0.397. The Hall–Kier alpha value is -2.30. The number of nitrogens with zero attached hydrogens (tertiary/aromatic N) is 1. The molecule has 1 aliphatic rings. The molecule has 20 heavy (non-hydrogen) atoms. The van der Waals surface area contributed by atoms with E-state index >= 15 is 0 Å². The van der Waals surface area contributed by atoms with Gasteiger partial charge in [0.2, 0.25) is 5.91 Å². The molecule has 0 unspecified atom stereocenters. The lowest BCUT2D eigenvalue weighted by Gasteiger charge is -2.28. The smallest absolute Gasteiger partial charge is 0.326 e. The predicted molar refractivity (Wildman–Crippen MR) is 74.6 cm³/mol. The first kappa shape index (κ1) is 14.1. The summed E-state index contributed by atoms with van der Waals surface area (Å²) in [6.45, 7) is 2.01. The second-order valence-electron chi connectivity index (χ2n) is 4.50. The SMILES string of the molecule is CCOC(=O)CN1C=CN[C@@H](Cc2ccccc2)C1=O. The van der Waals surface area contributed by atoms with Gasteiger partial charge in [0.25, 0.3) is 0 Å². The fraction of sp³-hybridized carbons (Fsp3) is 0.333. The number of carbonyl (C=O) groups is 2. The second-order valence-corrected chi connectivity index (χ2v) is 4.50. The zero-order valence-electron chi connectivity index (χ0n) is 11.4. The van der Waals surface area contributed by atoms with Gasteiger partial charge in [0, 0.05) is 18.8 Å². The van der Waals surface area contributed by atoms with Crippen molar-refractivity contribution in [3.63, 3.8) is 0 Å². The number of benzene rings is 1. The molecule has 0 fully saturated rings. The molecule has 1 aromatic carbocycles. The molecule has 106 valence electrons. The molecule has 0 aliphatic carbocycles. The Labute approximate surface area is 118 Å². The summed E-state index contributed by atoms with van der Waals surface area (Å²) in [5, 5.41) is 3.03. The Balaban J connectivity index is 1.98. The van der Waals surface area contributed by atoms with Gasteiger partial charge in [0.05, 0.1) is 6.61 Å². The molecule has 1 aromatic rings. The second kappa shape index (κ2) is 6.75. The standard InChI is InChI=1S/C15H18N2O3/c1-2-20-14(18)11-17-9-8-16-13(15(17)19)10-12-6-4-3-5-7-12/h3-9,13,16H,2,10-11H2,1H3/t13-/m0/s1. The highest BCUT2D eigenvalue weighted by molar-refractivity contribution is 5.87. The molecule has 0 radical (unpaired) electrons. The molecule has 0 bridgehead atoms. The monoisotopic (exact) mass is 274 g/mol. The van der Waals surface area contributed by atoms with Gasteiger partial charge < -0.3 is 15.0 Å². The van der Waals surface area contributed by atoms with Gasteiger partial charge >= 0.3 is 5.97 Å². The first-order valence-electron chi connectivity index (χ1n) is 6.63. The number of hydrogen-bond acceptors (Lipinski definition) is 4. The van der Waals surface area contributed by atoms with E-state index in [-0.39, 0.29) is 18.5 Å². The maximum atomic E-state index is 12.3. The number of esters is 1. The summed E-state index contributed by atoms with van der Waals surface area (Å²) in [7, 11) is 0. The van der Waals surface area contributed by atoms with Gasteiger partial charge in [-0.15, -0.1) is 0 Å². The van der Waals surface area contributed by atoms with E-state index in [4.69, 9.17) is 4.74 Å². The van der Waals surface area contributed by atoms with Crippen LogP contribution in [0.5, 0.6) is 0 Å². The highest BCUT2D eigenvalue weighted by atomic mass is 16.5. The lowest BCUT2D eigenvalue weighted by atomic mass is 10.0. The molecular weight excluding hydrogens is 256 g/mol. The van der Waals surface area contributed by atoms with Gasteiger partial charge in [-0.1, -0.05) is 30.3 Å². The van der Waals surface area contributed by atoms with Crippen molar-refractivity contribution in [3.05, 3.63) is 48.3 Å². The summed E-state index contributed by atoms with van der Waals surface area (Å²) in [4.78, 5) is 25.1. The van der Waals surface area contributed by atoms with Crippen molar-refractivity contribution in [1.29, 1.82) is 0 Å². The molecule has 1 heterocycles. The number of amides is 1. The van der Waals surface area contributed by atoms with Crippen LogP contribution >= 0.6 is 0 Å². The van der Waals surface area contributed by atoms with E-state index in [9.17, 15) is 9.59 Å². The Bertz CT molecular complexity index is 499. The number of ether oxygens (including phenoxy) is 1. The molecule has 2 rings (SSSR count). The molecule has 1 atom stereocenters. The van der Waals surface area contributed by atoms with Crippen molar-refractivity contribution in [3.8, 4) is 0 Å². The zero-order chi connectivity index (χ0) is 14.4. The summed E-state index contributed by atoms with van der Waals surface area (Å²) in [5.41, 5.74) is 1.07. The van der Waals surface area contributed by atoms with E-state index < -0.39 is 5.97 Å². The maximum Gasteiger partial charge on any atom is 0.326 e. The van der Waals surface area contributed by atoms with Crippen LogP contribution in [0.4, 0.5) is 0 Å². The molecule has 5 nitrogen and oxygen atoms in total. The molecular formula is C15H18N2O3. The highest BCUT2D eigenvalue weighted by Crippen LogP contribution is 2.09. The van der Waals surface area contributed by atoms with Crippen LogP contribution in [0.1, 0.15) is 12.5 Å². The predicted octanol–water partition coefficient (Wildman–Crippen LogP) is 1.06. The molecule has 5 heteroatoms. The Morgan fingerprint density at radius 3 is 2.80 bits per heavy atom. The van der Waals surface area contributed by atoms with E-state index in [2.05, 4.69) is 5.32 Å². The van der Waals surface area contributed by atoms with Gasteiger partial charge in [-0.05, 0) is 12.5 Å². The zero-order valence-corrected chi connectivity index (χ0v) is 11.4. The lowest BCUT2D eigenvalue weighted by molar-refractivity contribution is -0.148. The molecule has 0 spiro atoms. The van der Waals surface area contributed by atoms with Crippen LogP contribution in [0, 0.1) is 0 Å². The highest BCUT2D eigenvalue weighted by Gasteiger charge is 2.27. The van der Waals surface area contributed by atoms with Crippen molar-refractivity contribution in [2.24, 2.45) is 0 Å². The molecule has 0 saturated carbocycles. The van der Waals surface area contributed by atoms with Crippen molar-refractivity contribution in [2.75, 3.05) is 13.2 Å². The minimum Gasteiger partial charge on any atom is -0.465 e. The summed E-state index contributed by atoms with van der Waals surface area (Å²) in [5.74, 6) is -0.518. The third kappa shape index (κ3) is 3.60. The maximum absolute atomic E-state index is 12.3. The first-order valence-corrected chi connectivity index (χ1v) is 6.63. The number of nitrogens with one attached hydrogen (secondary N) is 1. The van der Waals surface area contributed by atoms with Gasteiger partial charge in [-0.3, -0.25) is 9.59 Å². The van der Waals surface area contributed by atoms with Crippen molar-refractivity contribution in [2.45, 2.75) is 19.4 Å². The van der Waals surface area contributed by atoms with E-state index in [1.54, 1.807) is 19.3 Å². The lowest BCUT2D eigenvalue weighted by Crippen LogP contribution is -2.49. The molecule has 1 N–H and O–H groups in total. The van der Waals surface area contributed by atoms with Crippen LogP contribution in [0.2, 0.25) is 0 Å². The number of hydrogen-bond donors (Lipinski definition) is 1. The third-order valence-electron chi connectivity index (χ3n) is 3.02. The normalized spacial score (nSPS) is 17.8. The van der Waals surface area contributed by atoms with Gasteiger partial charge in [-0.2, -0.15) is 0 Å². The van der Waals surface area contributed by atoms with E-state index in [1.165, 1.54) is 4.90 Å². The Morgan fingerprint density at radius 1 is 1.35 bits per heavy atom. The van der Waals surface area contributed by atoms with Crippen LogP contribution in [0.15, 0.2) is 42.7 Å². The summed E-state index contributed by atoms with van der Waals surface area (Å²) >= 11 is 0. The van der Waals surface area contributed by atoms with Crippen molar-refractivity contribution in [1.82, 2.24) is 10.2 Å². The topological polar surface area (TPSA) is 58.6 Å². The van der Waals surface area contributed by atoms with E-state index in [0.717, 1.165) is 5.56 Å². The van der Waals surface area contributed by atoms with Crippen LogP contribution in [-0.2, 0) is 20.7 Å². The molecule has 1 amide bonds. The fourth-order valence-corrected chi connectivity index (χ4v) is 2.07. The number of rotatable bonds is 5. The summed E-state index contributed by atoms with van der Waals surface area (Å²) in [6.07, 6.45) is 3.85. The third-order valence-corrected chi connectivity index (χ3v) is 3.02. The van der Waals surface area contributed by atoms with Gasteiger partial charge in [-0.25, -0.2) is 0 Å². The van der Waals surface area contributed by atoms with Crippen molar-refractivity contribution < 1.29 is 14.3 Å². The fourth-order valence-electron chi connectivity index (χ4n) is 2.07. The number of carbonyl (C=O) groups excluding carboxylic acids is 2. The summed E-state index contributed by atoms with van der Waals surface area (Å²) < 4.78 is 4.86. The van der Waals surface area contributed by atoms with Gasteiger partial charge in [0.1, 0.15) is 12.6 Å². The first-order chi connectivity index (χ1) is 9.70. The molecule has 0 aromatic heterocycles. The van der Waals surface area contributed by atoms with E-state index in [1.807, 2.05) is 30.3 Å². The van der Waals surface area contributed by atoms with Crippen molar-refractivity contribution >= 4 is 11.9 Å². The molecule has 0 saturated heterocycles. The quantitative estimate of drug-likeness (QED) is 0.816. The minimum absolute atomic E-state index is 0.0455. The average Bonchev–Trinajstić information content (AvgIpc) is 2.45. The van der Waals surface area contributed by atoms with Crippen LogP contribution in [0.25, 0.3) is 0 Å². The average molecular weight is 274 g/mol. The van der Waals surface area contributed by atoms with Crippen LogP contribution < -0.4 is 5.32 Å². The Kier molecular flexibility index (Phi) is 4.76. The van der Waals surface area contributed by atoms with Gasteiger partial charge in [0.15, 0.2) is 0 Å². The molecule has 1 aliphatic heterocycles. The van der Waals surface area contributed by atoms with E-state index in [0.29, 0.717) is 13.0 Å². The van der Waals surface area contributed by atoms with Crippen LogP contribution in [0.3, 0.4) is 0 Å². The van der Waals surface area contributed by atoms with Crippen LogP contribution in [-0.4, -0.2) is 36.0 Å². The Morgan fingerprint density at radius 2 is 2.10 bits per heavy atom. The largest absolute Gasteiger partial charge is 0.465 e. The summed E-state index contributed by atoms with van der Waals surface area (Å²) in [6, 6.07) is 9.42.